The van der Waals surface area contributed by atoms with Gasteiger partial charge in [0.1, 0.15) is 5.75 Å². The summed E-state index contributed by atoms with van der Waals surface area (Å²) in [4.78, 5) is 11.0. The second kappa shape index (κ2) is 6.36. The molecule has 1 atom stereocenters. The van der Waals surface area contributed by atoms with Crippen LogP contribution in [0.1, 0.15) is 43.7 Å². The molecule has 5 heteroatoms. The first kappa shape index (κ1) is 14.9. The van der Waals surface area contributed by atoms with Crippen LogP contribution in [0.2, 0.25) is 0 Å². The van der Waals surface area contributed by atoms with Crippen LogP contribution in [0, 0.1) is 5.92 Å². The number of benzene rings is 1. The quantitative estimate of drug-likeness (QED) is 0.872. The minimum Gasteiger partial charge on any atom is -0.493 e. The highest BCUT2D eigenvalue weighted by molar-refractivity contribution is 9.10. The zero-order chi connectivity index (χ0) is 14.8. The van der Waals surface area contributed by atoms with Crippen molar-refractivity contribution >= 4 is 21.9 Å². The molecule has 0 aromatic heterocycles. The minimum atomic E-state index is -0.645. The molecule has 0 saturated heterocycles. The van der Waals surface area contributed by atoms with Crippen LogP contribution in [0.15, 0.2) is 22.7 Å². The van der Waals surface area contributed by atoms with Gasteiger partial charge in [-0.3, -0.25) is 4.79 Å². The zero-order valence-electron chi connectivity index (χ0n) is 11.8. The highest BCUT2D eigenvalue weighted by Gasteiger charge is 2.29. The number of aliphatic carboxylic acids is 1. The molecule has 114 valence electrons. The monoisotopic (exact) mass is 353 g/mol. The largest absolute Gasteiger partial charge is 0.493 e. The van der Waals surface area contributed by atoms with Crippen molar-refractivity contribution in [2.45, 2.75) is 44.2 Å². The highest BCUT2D eigenvalue weighted by Crippen LogP contribution is 2.35. The molecule has 2 N–H and O–H groups in total. The number of ether oxygens (including phenoxy) is 1. The van der Waals surface area contributed by atoms with Crippen molar-refractivity contribution in [3.8, 4) is 5.75 Å². The molecule has 4 nitrogen and oxygen atoms in total. The summed E-state index contributed by atoms with van der Waals surface area (Å²) < 4.78 is 6.77. The van der Waals surface area contributed by atoms with Crippen molar-refractivity contribution in [2.75, 3.05) is 6.61 Å². The Hall–Kier alpha value is -1.07. The van der Waals surface area contributed by atoms with Gasteiger partial charge in [-0.1, -0.05) is 15.9 Å². The maximum absolute atomic E-state index is 11.0. The van der Waals surface area contributed by atoms with E-state index in [-0.39, 0.29) is 5.92 Å². The normalized spacial score (nSPS) is 28.5. The van der Waals surface area contributed by atoms with Gasteiger partial charge in [0.25, 0.3) is 0 Å². The molecule has 1 saturated carbocycles. The standard InChI is InChI=1S/C16H20BrNO3/c17-11-3-6-15-13(9-11)14(7-8-21-15)18-12-4-1-10(2-5-12)16(19)20/h3,6,9-10,12,14,18H,1-2,4-5,7-8H2,(H,19,20). The van der Waals surface area contributed by atoms with Crippen LogP contribution in [-0.2, 0) is 4.79 Å². The Kier molecular flexibility index (Phi) is 4.50. The number of carbonyl (C=O) groups is 1. The predicted molar refractivity (Wildman–Crippen MR) is 83.5 cm³/mol. The molecule has 3 rings (SSSR count). The SMILES string of the molecule is O=C(O)C1CCC(NC2CCOc3ccc(Br)cc32)CC1. The topological polar surface area (TPSA) is 58.6 Å². The van der Waals surface area contributed by atoms with E-state index in [1.54, 1.807) is 0 Å². The number of hydrogen-bond acceptors (Lipinski definition) is 3. The van der Waals surface area contributed by atoms with E-state index in [1.165, 1.54) is 5.56 Å². The maximum atomic E-state index is 11.0. The lowest BCUT2D eigenvalue weighted by Crippen LogP contribution is -2.39. The molecule has 1 unspecified atom stereocenters. The fourth-order valence-corrected chi connectivity index (χ4v) is 3.71. The van der Waals surface area contributed by atoms with Gasteiger partial charge in [0.2, 0.25) is 0 Å². The van der Waals surface area contributed by atoms with Crippen LogP contribution in [-0.4, -0.2) is 23.7 Å². The summed E-state index contributed by atoms with van der Waals surface area (Å²) in [5.74, 6) is 0.161. The molecule has 1 aliphatic heterocycles. The molecule has 0 radical (unpaired) electrons. The Bertz CT molecular complexity index is 526. The molecule has 0 amide bonds. The van der Waals surface area contributed by atoms with Crippen LogP contribution < -0.4 is 10.1 Å². The van der Waals surface area contributed by atoms with E-state index in [2.05, 4.69) is 27.3 Å². The fraction of sp³-hybridized carbons (Fsp3) is 0.562. The number of fused-ring (bicyclic) bond motifs is 1. The fourth-order valence-electron chi connectivity index (χ4n) is 3.33. The third kappa shape index (κ3) is 3.40. The Balaban J connectivity index is 1.65. The minimum absolute atomic E-state index is 0.154. The van der Waals surface area contributed by atoms with Gasteiger partial charge < -0.3 is 15.2 Å². The lowest BCUT2D eigenvalue weighted by Gasteiger charge is -2.33. The molecule has 2 aliphatic rings. The van der Waals surface area contributed by atoms with E-state index in [0.29, 0.717) is 12.1 Å². The third-order valence-corrected chi connectivity index (χ3v) is 5.02. The second-order valence-corrected chi connectivity index (χ2v) is 6.84. The maximum Gasteiger partial charge on any atom is 0.306 e. The van der Waals surface area contributed by atoms with Gasteiger partial charge in [0, 0.05) is 28.5 Å². The van der Waals surface area contributed by atoms with E-state index in [0.717, 1.165) is 48.9 Å². The number of nitrogens with one attached hydrogen (secondary N) is 1. The van der Waals surface area contributed by atoms with Crippen molar-refractivity contribution in [1.82, 2.24) is 5.32 Å². The number of carboxylic acids is 1. The molecule has 0 spiro atoms. The molecule has 1 heterocycles. The van der Waals surface area contributed by atoms with Crippen LogP contribution in [0.4, 0.5) is 0 Å². The Labute approximate surface area is 133 Å². The van der Waals surface area contributed by atoms with Gasteiger partial charge in [-0.15, -0.1) is 0 Å². The van der Waals surface area contributed by atoms with Crippen molar-refractivity contribution < 1.29 is 14.6 Å². The van der Waals surface area contributed by atoms with Crippen LogP contribution in [0.5, 0.6) is 5.75 Å². The van der Waals surface area contributed by atoms with Gasteiger partial charge in [-0.05, 0) is 43.9 Å². The van der Waals surface area contributed by atoms with Crippen LogP contribution in [0.25, 0.3) is 0 Å². The van der Waals surface area contributed by atoms with E-state index in [9.17, 15) is 4.79 Å². The highest BCUT2D eigenvalue weighted by atomic mass is 79.9. The number of rotatable bonds is 3. The molecular weight excluding hydrogens is 334 g/mol. The molecule has 1 fully saturated rings. The van der Waals surface area contributed by atoms with Crippen molar-refractivity contribution in [3.05, 3.63) is 28.2 Å². The van der Waals surface area contributed by atoms with E-state index in [4.69, 9.17) is 9.84 Å². The summed E-state index contributed by atoms with van der Waals surface area (Å²) in [5.41, 5.74) is 1.20. The summed E-state index contributed by atoms with van der Waals surface area (Å²) in [6.07, 6.45) is 4.40. The first-order valence-electron chi connectivity index (χ1n) is 7.54. The first-order valence-corrected chi connectivity index (χ1v) is 8.34. The smallest absolute Gasteiger partial charge is 0.306 e. The lowest BCUT2D eigenvalue weighted by molar-refractivity contribution is -0.142. The Morgan fingerprint density at radius 2 is 2.00 bits per heavy atom. The number of hydrogen-bond donors (Lipinski definition) is 2. The van der Waals surface area contributed by atoms with E-state index in [1.807, 2.05) is 12.1 Å². The van der Waals surface area contributed by atoms with E-state index < -0.39 is 5.97 Å². The van der Waals surface area contributed by atoms with Crippen molar-refractivity contribution in [1.29, 1.82) is 0 Å². The first-order chi connectivity index (χ1) is 10.1. The molecule has 1 aromatic carbocycles. The summed E-state index contributed by atoms with van der Waals surface area (Å²) in [6, 6.07) is 6.84. The zero-order valence-corrected chi connectivity index (χ0v) is 13.4. The number of halogens is 1. The second-order valence-electron chi connectivity index (χ2n) is 5.93. The Morgan fingerprint density at radius 3 is 2.71 bits per heavy atom. The van der Waals surface area contributed by atoms with E-state index >= 15 is 0 Å². The third-order valence-electron chi connectivity index (χ3n) is 4.52. The van der Waals surface area contributed by atoms with Gasteiger partial charge in [-0.2, -0.15) is 0 Å². The summed E-state index contributed by atoms with van der Waals surface area (Å²) in [5, 5.41) is 12.8. The van der Waals surface area contributed by atoms with Crippen molar-refractivity contribution in [2.24, 2.45) is 5.92 Å². The lowest BCUT2D eigenvalue weighted by atomic mass is 9.85. The summed E-state index contributed by atoms with van der Waals surface area (Å²) in [7, 11) is 0. The molecule has 21 heavy (non-hydrogen) atoms. The average molecular weight is 354 g/mol. The summed E-state index contributed by atoms with van der Waals surface area (Å²) in [6.45, 7) is 0.733. The Morgan fingerprint density at radius 1 is 1.24 bits per heavy atom. The van der Waals surface area contributed by atoms with Gasteiger partial charge >= 0.3 is 5.97 Å². The van der Waals surface area contributed by atoms with Gasteiger partial charge in [0.15, 0.2) is 0 Å². The average Bonchev–Trinajstić information content (AvgIpc) is 2.48. The van der Waals surface area contributed by atoms with Gasteiger partial charge in [0.05, 0.1) is 12.5 Å². The van der Waals surface area contributed by atoms with Crippen LogP contribution >= 0.6 is 15.9 Å². The summed E-state index contributed by atoms with van der Waals surface area (Å²) >= 11 is 3.52. The van der Waals surface area contributed by atoms with Gasteiger partial charge in [-0.25, -0.2) is 0 Å². The van der Waals surface area contributed by atoms with Crippen molar-refractivity contribution in [3.63, 3.8) is 0 Å². The van der Waals surface area contributed by atoms with Crippen LogP contribution in [0.3, 0.4) is 0 Å². The molecule has 1 aromatic rings. The number of carboxylic acid groups (broad SMARTS) is 1. The predicted octanol–water partition coefficient (Wildman–Crippen LogP) is 3.51. The molecular formula is C16H20BrNO3. The molecule has 0 bridgehead atoms. The molecule has 1 aliphatic carbocycles.